The third-order valence-corrected chi connectivity index (χ3v) is 3.36. The first-order chi connectivity index (χ1) is 8.30. The van der Waals surface area contributed by atoms with Crippen molar-refractivity contribution in [3.8, 4) is 0 Å². The second kappa shape index (κ2) is 4.42. The average Bonchev–Trinajstić information content (AvgIpc) is 2.73. The normalized spacial score (nSPS) is 32.2. The highest BCUT2D eigenvalue weighted by atomic mass is 19.4. The molecule has 2 heterocycles. The number of rotatable bonds is 1. The summed E-state index contributed by atoms with van der Waals surface area (Å²) in [5, 5.41) is 8.89. The van der Waals surface area contributed by atoms with Crippen LogP contribution in [-0.4, -0.2) is 53.4 Å². The second-order valence-electron chi connectivity index (χ2n) is 4.49. The van der Waals surface area contributed by atoms with Crippen LogP contribution in [0.5, 0.6) is 0 Å². The molecule has 3 atom stereocenters. The fraction of sp³-hybridized carbons (Fsp3) is 0.800. The number of ether oxygens (including phenoxy) is 1. The minimum atomic E-state index is -4.98. The summed E-state index contributed by atoms with van der Waals surface area (Å²) < 4.78 is 42.5. The highest BCUT2D eigenvalue weighted by molar-refractivity contribution is 5.83. The van der Waals surface area contributed by atoms with E-state index in [1.165, 1.54) is 0 Å². The van der Waals surface area contributed by atoms with Crippen molar-refractivity contribution in [1.82, 2.24) is 4.90 Å². The zero-order valence-corrected chi connectivity index (χ0v) is 9.31. The molecule has 1 N–H and O–H groups in total. The lowest BCUT2D eigenvalue weighted by molar-refractivity contribution is -0.192. The summed E-state index contributed by atoms with van der Waals surface area (Å²) in [5.74, 6) is -4.19. The molecule has 18 heavy (non-hydrogen) atoms. The van der Waals surface area contributed by atoms with Crippen molar-refractivity contribution in [2.45, 2.75) is 31.2 Å². The van der Waals surface area contributed by atoms with Crippen LogP contribution >= 0.6 is 0 Å². The molecule has 2 aliphatic heterocycles. The number of halogens is 3. The Hall–Kier alpha value is -1.31. The minimum Gasteiger partial charge on any atom is -0.481 e. The maximum atomic E-state index is 12.4. The third-order valence-electron chi connectivity index (χ3n) is 3.36. The van der Waals surface area contributed by atoms with Gasteiger partial charge in [-0.15, -0.1) is 0 Å². The molecule has 0 spiro atoms. The van der Waals surface area contributed by atoms with Crippen LogP contribution in [0.15, 0.2) is 0 Å². The van der Waals surface area contributed by atoms with Gasteiger partial charge in [0.05, 0.1) is 18.1 Å². The molecule has 3 unspecified atom stereocenters. The van der Waals surface area contributed by atoms with Crippen molar-refractivity contribution >= 4 is 11.9 Å². The molecule has 2 saturated heterocycles. The van der Waals surface area contributed by atoms with Crippen molar-refractivity contribution < 1.29 is 32.6 Å². The van der Waals surface area contributed by atoms with E-state index in [1.54, 1.807) is 0 Å². The summed E-state index contributed by atoms with van der Waals surface area (Å²) in [7, 11) is 0. The summed E-state index contributed by atoms with van der Waals surface area (Å²) in [6.45, 7) is -0.151. The molecule has 0 aliphatic carbocycles. The molecule has 0 aromatic rings. The average molecular weight is 267 g/mol. The van der Waals surface area contributed by atoms with Gasteiger partial charge in [-0.2, -0.15) is 13.2 Å². The van der Waals surface area contributed by atoms with Gasteiger partial charge in [-0.25, -0.2) is 0 Å². The van der Waals surface area contributed by atoms with Crippen LogP contribution < -0.4 is 0 Å². The first kappa shape index (κ1) is 13.1. The van der Waals surface area contributed by atoms with E-state index >= 15 is 0 Å². The topological polar surface area (TPSA) is 66.8 Å². The zero-order chi connectivity index (χ0) is 13.5. The fourth-order valence-corrected chi connectivity index (χ4v) is 2.52. The number of hydrogen-bond acceptors (Lipinski definition) is 3. The Morgan fingerprint density at radius 2 is 2.00 bits per heavy atom. The highest BCUT2D eigenvalue weighted by Gasteiger charge is 2.51. The van der Waals surface area contributed by atoms with Crippen molar-refractivity contribution in [2.75, 3.05) is 13.2 Å². The number of piperidine rings is 1. The third kappa shape index (κ3) is 2.29. The standard InChI is InChI=1S/C10H12F3NO4/c11-10(12,13)9(17)14-4-5(8(15)16)3-7-6(14)1-2-18-7/h5-7H,1-4H2,(H,15,16). The lowest BCUT2D eigenvalue weighted by Crippen LogP contribution is -2.56. The fourth-order valence-electron chi connectivity index (χ4n) is 2.52. The Morgan fingerprint density at radius 1 is 1.33 bits per heavy atom. The number of carbonyl (C=O) groups is 2. The van der Waals surface area contributed by atoms with Gasteiger partial charge in [0, 0.05) is 13.2 Å². The number of likely N-dealkylation sites (tertiary alicyclic amines) is 1. The van der Waals surface area contributed by atoms with Gasteiger partial charge in [0.15, 0.2) is 0 Å². The lowest BCUT2D eigenvalue weighted by Gasteiger charge is -2.39. The smallest absolute Gasteiger partial charge is 0.471 e. The number of nitrogens with zero attached hydrogens (tertiary/aromatic N) is 1. The molecule has 0 radical (unpaired) electrons. The van der Waals surface area contributed by atoms with Crippen LogP contribution in [0.25, 0.3) is 0 Å². The van der Waals surface area contributed by atoms with E-state index in [1.807, 2.05) is 0 Å². The first-order valence-corrected chi connectivity index (χ1v) is 5.53. The SMILES string of the molecule is O=C(O)C1CC2OCCC2N(C(=O)C(F)(F)F)C1. The van der Waals surface area contributed by atoms with Crippen LogP contribution in [0.3, 0.4) is 0 Å². The van der Waals surface area contributed by atoms with Gasteiger partial charge in [0.1, 0.15) is 0 Å². The van der Waals surface area contributed by atoms with E-state index in [9.17, 15) is 22.8 Å². The second-order valence-corrected chi connectivity index (χ2v) is 4.49. The summed E-state index contributed by atoms with van der Waals surface area (Å²) >= 11 is 0. The summed E-state index contributed by atoms with van der Waals surface area (Å²) in [6.07, 6.45) is -5.11. The maximum Gasteiger partial charge on any atom is 0.471 e. The van der Waals surface area contributed by atoms with E-state index < -0.39 is 42.7 Å². The number of amides is 1. The largest absolute Gasteiger partial charge is 0.481 e. The van der Waals surface area contributed by atoms with Crippen LogP contribution in [0.1, 0.15) is 12.8 Å². The Morgan fingerprint density at radius 3 is 2.56 bits per heavy atom. The lowest BCUT2D eigenvalue weighted by atomic mass is 9.90. The van der Waals surface area contributed by atoms with Gasteiger partial charge in [0.2, 0.25) is 0 Å². The molecule has 1 amide bonds. The molecule has 2 rings (SSSR count). The molecule has 0 aromatic heterocycles. The molecule has 2 aliphatic rings. The molecule has 8 heteroatoms. The predicted molar refractivity (Wildman–Crippen MR) is 51.7 cm³/mol. The summed E-state index contributed by atoms with van der Waals surface area (Å²) in [5.41, 5.74) is 0. The highest BCUT2D eigenvalue weighted by Crippen LogP contribution is 2.34. The number of carboxylic acid groups (broad SMARTS) is 1. The van der Waals surface area contributed by atoms with E-state index in [-0.39, 0.29) is 13.0 Å². The molecule has 0 saturated carbocycles. The Balaban J connectivity index is 2.20. The van der Waals surface area contributed by atoms with Crippen LogP contribution in [-0.2, 0) is 14.3 Å². The Labute approximate surface area is 100 Å². The number of aliphatic carboxylic acids is 1. The minimum absolute atomic E-state index is 0.154. The predicted octanol–water partition coefficient (Wildman–Crippen LogP) is 0.639. The van der Waals surface area contributed by atoms with Crippen molar-refractivity contribution in [3.63, 3.8) is 0 Å². The van der Waals surface area contributed by atoms with Gasteiger partial charge in [-0.05, 0) is 12.8 Å². The van der Waals surface area contributed by atoms with Gasteiger partial charge < -0.3 is 14.7 Å². The van der Waals surface area contributed by atoms with Crippen LogP contribution in [0.4, 0.5) is 13.2 Å². The molecule has 5 nitrogen and oxygen atoms in total. The van der Waals surface area contributed by atoms with Crippen molar-refractivity contribution in [2.24, 2.45) is 5.92 Å². The van der Waals surface area contributed by atoms with E-state index in [0.29, 0.717) is 11.3 Å². The molecule has 0 aromatic carbocycles. The van der Waals surface area contributed by atoms with E-state index in [2.05, 4.69) is 0 Å². The molecule has 2 fully saturated rings. The van der Waals surface area contributed by atoms with Gasteiger partial charge >= 0.3 is 18.1 Å². The van der Waals surface area contributed by atoms with Crippen molar-refractivity contribution in [3.05, 3.63) is 0 Å². The zero-order valence-electron chi connectivity index (χ0n) is 9.31. The number of carbonyl (C=O) groups excluding carboxylic acids is 1. The van der Waals surface area contributed by atoms with Crippen LogP contribution in [0, 0.1) is 5.92 Å². The Bertz CT molecular complexity index is 371. The number of hydrogen-bond donors (Lipinski definition) is 1. The quantitative estimate of drug-likeness (QED) is 0.757. The maximum absolute atomic E-state index is 12.4. The molecule has 0 bridgehead atoms. The monoisotopic (exact) mass is 267 g/mol. The van der Waals surface area contributed by atoms with Gasteiger partial charge in [-0.3, -0.25) is 9.59 Å². The van der Waals surface area contributed by atoms with E-state index in [4.69, 9.17) is 9.84 Å². The van der Waals surface area contributed by atoms with Crippen molar-refractivity contribution in [1.29, 1.82) is 0 Å². The van der Waals surface area contributed by atoms with Crippen LogP contribution in [0.2, 0.25) is 0 Å². The number of fused-ring (bicyclic) bond motifs is 1. The van der Waals surface area contributed by atoms with E-state index in [0.717, 1.165) is 0 Å². The molecule has 102 valence electrons. The number of carboxylic acids is 1. The Kier molecular flexibility index (Phi) is 3.22. The summed E-state index contributed by atoms with van der Waals surface area (Å²) in [4.78, 5) is 22.8. The molecular weight excluding hydrogens is 255 g/mol. The first-order valence-electron chi connectivity index (χ1n) is 5.53. The van der Waals surface area contributed by atoms with Gasteiger partial charge in [-0.1, -0.05) is 0 Å². The number of alkyl halides is 3. The summed E-state index contributed by atoms with van der Waals surface area (Å²) in [6, 6.07) is -0.658. The van der Waals surface area contributed by atoms with Gasteiger partial charge in [0.25, 0.3) is 0 Å². The molecular formula is C10H12F3NO4.